The fourth-order valence-corrected chi connectivity index (χ4v) is 4.11. The number of carbonyl (C=O) groups excluding carboxylic acids is 1. The van der Waals surface area contributed by atoms with E-state index in [1.807, 2.05) is 6.92 Å². The van der Waals surface area contributed by atoms with Crippen molar-refractivity contribution in [3.05, 3.63) is 46.3 Å². The van der Waals surface area contributed by atoms with Gasteiger partial charge in [0.25, 0.3) is 0 Å². The van der Waals surface area contributed by atoms with Crippen LogP contribution in [0.15, 0.2) is 35.3 Å². The number of hydrogen-bond donors (Lipinski definition) is 1. The first-order valence-corrected chi connectivity index (χ1v) is 8.43. The Morgan fingerprint density at radius 3 is 2.60 bits per heavy atom. The molecule has 3 heterocycles. The number of thiophene rings is 1. The van der Waals surface area contributed by atoms with E-state index >= 15 is 0 Å². The van der Waals surface area contributed by atoms with Gasteiger partial charge in [0.15, 0.2) is 11.4 Å². The molecule has 0 radical (unpaired) electrons. The number of alkyl halides is 3. The second kappa shape index (κ2) is 5.15. The predicted molar refractivity (Wildman–Crippen MR) is 88.8 cm³/mol. The SMILES string of the molecule is Cc1cc2c(s1)N=C1N(c3ccc(C(F)(F)F)cc3)CCC1(O)C2=O. The van der Waals surface area contributed by atoms with Gasteiger partial charge in [0.05, 0.1) is 11.1 Å². The first-order valence-electron chi connectivity index (χ1n) is 7.62. The fraction of sp³-hybridized carbons (Fsp3) is 0.294. The summed E-state index contributed by atoms with van der Waals surface area (Å²) in [6.45, 7) is 2.16. The van der Waals surface area contributed by atoms with Gasteiger partial charge in [0, 0.05) is 23.5 Å². The Labute approximate surface area is 145 Å². The van der Waals surface area contributed by atoms with E-state index in [1.165, 1.54) is 23.5 Å². The molecule has 8 heteroatoms. The molecule has 1 aromatic heterocycles. The van der Waals surface area contributed by atoms with Crippen LogP contribution in [0.2, 0.25) is 0 Å². The van der Waals surface area contributed by atoms with Gasteiger partial charge in [-0.3, -0.25) is 4.79 Å². The third-order valence-corrected chi connectivity index (χ3v) is 5.44. The molecule has 0 bridgehead atoms. The summed E-state index contributed by atoms with van der Waals surface area (Å²) in [5.41, 5.74) is -1.60. The van der Waals surface area contributed by atoms with E-state index in [9.17, 15) is 23.1 Å². The standard InChI is InChI=1S/C17H13F3N2O2S/c1-9-8-12-13(23)16(24)6-7-22(15(16)21-14(12)25-9)11-4-2-10(3-5-11)17(18,19)20/h2-5,8,24H,6-7H2,1H3. The second-order valence-corrected chi connectivity index (χ2v) is 7.38. The number of aliphatic hydroxyl groups is 1. The Balaban J connectivity index is 1.76. The van der Waals surface area contributed by atoms with E-state index in [2.05, 4.69) is 4.99 Å². The number of amidine groups is 1. The van der Waals surface area contributed by atoms with Gasteiger partial charge in [-0.25, -0.2) is 4.99 Å². The molecule has 1 aromatic carbocycles. The first kappa shape index (κ1) is 16.3. The zero-order valence-electron chi connectivity index (χ0n) is 13.1. The molecule has 1 N–H and O–H groups in total. The normalized spacial score (nSPS) is 22.7. The van der Waals surface area contributed by atoms with Crippen molar-refractivity contribution in [1.82, 2.24) is 0 Å². The molecule has 0 amide bonds. The van der Waals surface area contributed by atoms with E-state index < -0.39 is 23.1 Å². The van der Waals surface area contributed by atoms with Gasteiger partial charge in [0.1, 0.15) is 5.00 Å². The number of fused-ring (bicyclic) bond motifs is 2. The number of ketones is 1. The molecule has 2 aliphatic heterocycles. The van der Waals surface area contributed by atoms with Gasteiger partial charge >= 0.3 is 6.18 Å². The summed E-state index contributed by atoms with van der Waals surface area (Å²) in [6, 6.07) is 6.34. The van der Waals surface area contributed by atoms with Crippen LogP contribution in [0, 0.1) is 6.92 Å². The number of rotatable bonds is 1. The number of anilines is 1. The summed E-state index contributed by atoms with van der Waals surface area (Å²) >= 11 is 1.35. The molecule has 1 fully saturated rings. The van der Waals surface area contributed by atoms with Crippen molar-refractivity contribution in [2.24, 2.45) is 4.99 Å². The summed E-state index contributed by atoms with van der Waals surface area (Å²) < 4.78 is 38.2. The lowest BCUT2D eigenvalue weighted by molar-refractivity contribution is -0.137. The van der Waals surface area contributed by atoms with Crippen LogP contribution in [0.3, 0.4) is 0 Å². The summed E-state index contributed by atoms with van der Waals surface area (Å²) in [5, 5.41) is 11.4. The lowest BCUT2D eigenvalue weighted by Gasteiger charge is -2.28. The van der Waals surface area contributed by atoms with Gasteiger partial charge in [-0.05, 0) is 37.3 Å². The van der Waals surface area contributed by atoms with E-state index in [0.717, 1.165) is 17.0 Å². The maximum atomic E-state index is 12.7. The molecule has 0 spiro atoms. The predicted octanol–water partition coefficient (Wildman–Crippen LogP) is 3.94. The first-order chi connectivity index (χ1) is 11.7. The molecule has 4 nitrogen and oxygen atoms in total. The van der Waals surface area contributed by atoms with Crippen LogP contribution in [0.5, 0.6) is 0 Å². The summed E-state index contributed by atoms with van der Waals surface area (Å²) in [7, 11) is 0. The molecular weight excluding hydrogens is 353 g/mol. The van der Waals surface area contributed by atoms with Crippen LogP contribution in [0.4, 0.5) is 23.9 Å². The highest BCUT2D eigenvalue weighted by atomic mass is 32.1. The van der Waals surface area contributed by atoms with Crippen LogP contribution in [-0.4, -0.2) is 28.9 Å². The van der Waals surface area contributed by atoms with Crippen molar-refractivity contribution < 1.29 is 23.1 Å². The topological polar surface area (TPSA) is 52.9 Å². The van der Waals surface area contributed by atoms with E-state index in [-0.39, 0.29) is 12.3 Å². The van der Waals surface area contributed by atoms with Crippen molar-refractivity contribution in [3.8, 4) is 0 Å². The largest absolute Gasteiger partial charge is 0.416 e. The van der Waals surface area contributed by atoms with Gasteiger partial charge in [-0.2, -0.15) is 13.2 Å². The highest BCUT2D eigenvalue weighted by Gasteiger charge is 2.52. The van der Waals surface area contributed by atoms with Gasteiger partial charge < -0.3 is 10.0 Å². The number of Topliss-reactive ketones (excluding diaryl/α,β-unsaturated/α-hetero) is 1. The molecule has 130 valence electrons. The summed E-state index contributed by atoms with van der Waals surface area (Å²) in [6.07, 6.45) is -4.26. The van der Waals surface area contributed by atoms with Crippen molar-refractivity contribution in [3.63, 3.8) is 0 Å². The van der Waals surface area contributed by atoms with E-state index in [4.69, 9.17) is 0 Å². The Bertz CT molecular complexity index is 902. The maximum absolute atomic E-state index is 12.7. The summed E-state index contributed by atoms with van der Waals surface area (Å²) in [4.78, 5) is 19.7. The average Bonchev–Trinajstić information content (AvgIpc) is 3.08. The molecule has 0 saturated carbocycles. The molecule has 0 aliphatic carbocycles. The second-order valence-electron chi connectivity index (χ2n) is 6.15. The van der Waals surface area contributed by atoms with E-state index in [0.29, 0.717) is 22.8 Å². The third kappa shape index (κ3) is 2.39. The molecule has 1 atom stereocenters. The summed E-state index contributed by atoms with van der Waals surface area (Å²) in [5.74, 6) is -0.210. The highest BCUT2D eigenvalue weighted by Crippen LogP contribution is 2.43. The van der Waals surface area contributed by atoms with Crippen molar-refractivity contribution >= 4 is 33.6 Å². The number of hydrogen-bond acceptors (Lipinski definition) is 5. The lowest BCUT2D eigenvalue weighted by atomic mass is 9.90. The minimum atomic E-state index is -4.41. The number of carbonyl (C=O) groups is 1. The average molecular weight is 366 g/mol. The fourth-order valence-electron chi connectivity index (χ4n) is 3.23. The Hall–Kier alpha value is -2.19. The molecule has 4 rings (SSSR count). The monoisotopic (exact) mass is 366 g/mol. The minimum absolute atomic E-state index is 0.153. The van der Waals surface area contributed by atoms with E-state index in [1.54, 1.807) is 11.0 Å². The number of benzene rings is 1. The molecule has 1 saturated heterocycles. The van der Waals surface area contributed by atoms with Crippen LogP contribution in [0.1, 0.15) is 27.2 Å². The zero-order valence-corrected chi connectivity index (χ0v) is 13.9. The highest BCUT2D eigenvalue weighted by molar-refractivity contribution is 7.16. The van der Waals surface area contributed by atoms with Gasteiger partial charge in [-0.15, -0.1) is 11.3 Å². The van der Waals surface area contributed by atoms with Gasteiger partial charge in [0.2, 0.25) is 5.78 Å². The molecular formula is C17H13F3N2O2S. The number of aliphatic imine (C=N–C) groups is 1. The van der Waals surface area contributed by atoms with Crippen LogP contribution < -0.4 is 4.90 Å². The van der Waals surface area contributed by atoms with Crippen LogP contribution in [-0.2, 0) is 6.18 Å². The number of aryl methyl sites for hydroxylation is 1. The Morgan fingerprint density at radius 1 is 1.28 bits per heavy atom. The molecule has 2 aromatic rings. The molecule has 25 heavy (non-hydrogen) atoms. The molecule has 2 aliphatic rings. The maximum Gasteiger partial charge on any atom is 0.416 e. The Morgan fingerprint density at radius 2 is 1.96 bits per heavy atom. The Kier molecular flexibility index (Phi) is 3.36. The minimum Gasteiger partial charge on any atom is -0.374 e. The number of nitrogens with zero attached hydrogens (tertiary/aromatic N) is 2. The molecule has 1 unspecified atom stereocenters. The van der Waals surface area contributed by atoms with Crippen LogP contribution in [0.25, 0.3) is 0 Å². The third-order valence-electron chi connectivity index (χ3n) is 4.49. The van der Waals surface area contributed by atoms with Crippen LogP contribution >= 0.6 is 11.3 Å². The smallest absolute Gasteiger partial charge is 0.374 e. The lowest BCUT2D eigenvalue weighted by Crippen LogP contribution is -2.48. The quantitative estimate of drug-likeness (QED) is 0.832. The zero-order chi connectivity index (χ0) is 18.0. The van der Waals surface area contributed by atoms with Crippen molar-refractivity contribution in [2.75, 3.05) is 11.4 Å². The number of halogens is 3. The van der Waals surface area contributed by atoms with Crippen molar-refractivity contribution in [1.29, 1.82) is 0 Å². The van der Waals surface area contributed by atoms with Gasteiger partial charge in [-0.1, -0.05) is 0 Å². The van der Waals surface area contributed by atoms with Crippen molar-refractivity contribution in [2.45, 2.75) is 25.1 Å².